The second-order valence-corrected chi connectivity index (χ2v) is 5.32. The van der Waals surface area contributed by atoms with E-state index in [0.717, 1.165) is 13.1 Å². The third-order valence-corrected chi connectivity index (χ3v) is 3.28. The third-order valence-electron chi connectivity index (χ3n) is 3.28. The molecule has 0 bridgehead atoms. The fraction of sp³-hybridized carbons (Fsp3) is 0.533. The number of halogens is 1. The molecule has 2 unspecified atom stereocenters. The van der Waals surface area contributed by atoms with Gasteiger partial charge in [0.2, 0.25) is 5.91 Å². The van der Waals surface area contributed by atoms with Crippen LogP contribution >= 0.6 is 0 Å². The predicted molar refractivity (Wildman–Crippen MR) is 76.1 cm³/mol. The molecule has 1 aliphatic rings. The summed E-state index contributed by atoms with van der Waals surface area (Å²) in [6.07, 6.45) is 0.842. The van der Waals surface area contributed by atoms with Crippen molar-refractivity contribution in [2.75, 3.05) is 25.0 Å². The van der Waals surface area contributed by atoms with Crippen molar-refractivity contribution >= 4 is 11.6 Å². The number of nitrogens with one attached hydrogen (secondary N) is 1. The molecule has 0 aliphatic carbocycles. The minimum atomic E-state index is -0.306. The van der Waals surface area contributed by atoms with Crippen LogP contribution in [-0.2, 0) is 9.53 Å². The average Bonchev–Trinajstić information content (AvgIpc) is 2.38. The Bertz CT molecular complexity index is 440. The summed E-state index contributed by atoms with van der Waals surface area (Å²) in [7, 11) is 0. The molecule has 0 spiro atoms. The lowest BCUT2D eigenvalue weighted by molar-refractivity contribution is -0.117. The van der Waals surface area contributed by atoms with Crippen LogP contribution in [0.5, 0.6) is 0 Å². The van der Waals surface area contributed by atoms with Gasteiger partial charge in [0.1, 0.15) is 5.82 Å². The van der Waals surface area contributed by atoms with Crippen LogP contribution < -0.4 is 5.32 Å². The third kappa shape index (κ3) is 4.58. The Morgan fingerprint density at radius 3 is 2.50 bits per heavy atom. The number of morpholine rings is 1. The van der Waals surface area contributed by atoms with Crippen molar-refractivity contribution in [1.82, 2.24) is 4.90 Å². The van der Waals surface area contributed by atoms with Crippen LogP contribution in [0.4, 0.5) is 10.1 Å². The molecule has 1 N–H and O–H groups in total. The maximum atomic E-state index is 12.8. The fourth-order valence-corrected chi connectivity index (χ4v) is 2.48. The minimum absolute atomic E-state index is 0.0524. The van der Waals surface area contributed by atoms with Crippen LogP contribution in [0.25, 0.3) is 0 Å². The summed E-state index contributed by atoms with van der Waals surface area (Å²) in [6, 6.07) is 5.79. The first kappa shape index (κ1) is 14.9. The van der Waals surface area contributed by atoms with Crippen LogP contribution in [0.15, 0.2) is 24.3 Å². The molecule has 0 radical (unpaired) electrons. The molecule has 1 aliphatic heterocycles. The van der Waals surface area contributed by atoms with Crippen molar-refractivity contribution in [1.29, 1.82) is 0 Å². The molecule has 5 heteroatoms. The van der Waals surface area contributed by atoms with Crippen LogP contribution in [0.1, 0.15) is 20.3 Å². The maximum Gasteiger partial charge on any atom is 0.225 e. The monoisotopic (exact) mass is 280 g/mol. The van der Waals surface area contributed by atoms with E-state index in [1.807, 2.05) is 13.8 Å². The van der Waals surface area contributed by atoms with E-state index in [1.165, 1.54) is 12.1 Å². The number of hydrogen-bond donors (Lipinski definition) is 1. The SMILES string of the molecule is CC1CN(CCC(=O)Nc2ccc(F)cc2)CC(C)O1. The Labute approximate surface area is 118 Å². The maximum absolute atomic E-state index is 12.8. The summed E-state index contributed by atoms with van der Waals surface area (Å²) < 4.78 is 18.4. The lowest BCUT2D eigenvalue weighted by Gasteiger charge is -2.35. The van der Waals surface area contributed by atoms with Crippen molar-refractivity contribution < 1.29 is 13.9 Å². The van der Waals surface area contributed by atoms with Gasteiger partial charge in [-0.25, -0.2) is 4.39 Å². The van der Waals surface area contributed by atoms with E-state index in [0.29, 0.717) is 18.7 Å². The highest BCUT2D eigenvalue weighted by molar-refractivity contribution is 5.90. The van der Waals surface area contributed by atoms with Crippen LogP contribution in [0.3, 0.4) is 0 Å². The van der Waals surface area contributed by atoms with Crippen LogP contribution in [0, 0.1) is 5.82 Å². The van der Waals surface area contributed by atoms with E-state index in [2.05, 4.69) is 10.2 Å². The molecule has 1 heterocycles. The highest BCUT2D eigenvalue weighted by atomic mass is 19.1. The second-order valence-electron chi connectivity index (χ2n) is 5.32. The van der Waals surface area contributed by atoms with Gasteiger partial charge in [-0.15, -0.1) is 0 Å². The molecular formula is C15H21FN2O2. The number of benzene rings is 1. The van der Waals surface area contributed by atoms with Crippen molar-refractivity contribution in [3.8, 4) is 0 Å². The lowest BCUT2D eigenvalue weighted by atomic mass is 10.2. The molecular weight excluding hydrogens is 259 g/mol. The van der Waals surface area contributed by atoms with Gasteiger partial charge in [-0.3, -0.25) is 9.69 Å². The Morgan fingerprint density at radius 2 is 1.90 bits per heavy atom. The highest BCUT2D eigenvalue weighted by Gasteiger charge is 2.22. The van der Waals surface area contributed by atoms with Gasteiger partial charge in [0, 0.05) is 31.7 Å². The summed E-state index contributed by atoms with van der Waals surface area (Å²) >= 11 is 0. The van der Waals surface area contributed by atoms with Gasteiger partial charge in [-0.2, -0.15) is 0 Å². The lowest BCUT2D eigenvalue weighted by Crippen LogP contribution is -2.46. The molecule has 0 saturated carbocycles. The van der Waals surface area contributed by atoms with Crippen molar-refractivity contribution in [2.24, 2.45) is 0 Å². The van der Waals surface area contributed by atoms with E-state index >= 15 is 0 Å². The smallest absolute Gasteiger partial charge is 0.225 e. The Morgan fingerprint density at radius 1 is 1.30 bits per heavy atom. The summed E-state index contributed by atoms with van der Waals surface area (Å²) in [5, 5.41) is 2.77. The molecule has 1 aromatic rings. The Kier molecular flexibility index (Phi) is 5.09. The number of ether oxygens (including phenoxy) is 1. The molecule has 2 atom stereocenters. The largest absolute Gasteiger partial charge is 0.373 e. The summed E-state index contributed by atoms with van der Waals surface area (Å²) in [4.78, 5) is 14.1. The number of rotatable bonds is 4. The molecule has 1 fully saturated rings. The first-order valence-electron chi connectivity index (χ1n) is 6.96. The zero-order valence-corrected chi connectivity index (χ0v) is 11.9. The van der Waals surface area contributed by atoms with Crippen LogP contribution in [-0.4, -0.2) is 42.6 Å². The zero-order valence-electron chi connectivity index (χ0n) is 11.9. The van der Waals surface area contributed by atoms with Gasteiger partial charge in [-0.1, -0.05) is 0 Å². The second kappa shape index (κ2) is 6.81. The highest BCUT2D eigenvalue weighted by Crippen LogP contribution is 2.12. The van der Waals surface area contributed by atoms with Gasteiger partial charge >= 0.3 is 0 Å². The number of amides is 1. The summed E-state index contributed by atoms with van der Waals surface area (Å²) in [5.41, 5.74) is 0.625. The molecule has 4 nitrogen and oxygen atoms in total. The fourth-order valence-electron chi connectivity index (χ4n) is 2.48. The quantitative estimate of drug-likeness (QED) is 0.920. The molecule has 1 amide bonds. The molecule has 1 aromatic carbocycles. The van der Waals surface area contributed by atoms with Gasteiger partial charge in [0.05, 0.1) is 12.2 Å². The van der Waals surface area contributed by atoms with Gasteiger partial charge < -0.3 is 10.1 Å². The van der Waals surface area contributed by atoms with Crippen molar-refractivity contribution in [3.63, 3.8) is 0 Å². The summed E-state index contributed by atoms with van der Waals surface area (Å²) in [5.74, 6) is -0.359. The standard InChI is InChI=1S/C15H21FN2O2/c1-11-9-18(10-12(2)20-11)8-7-15(19)17-14-5-3-13(16)4-6-14/h3-6,11-12H,7-10H2,1-2H3,(H,17,19). The van der Waals surface area contributed by atoms with E-state index in [-0.39, 0.29) is 23.9 Å². The predicted octanol–water partition coefficient (Wildman–Crippen LogP) is 2.26. The molecule has 110 valence electrons. The first-order valence-corrected chi connectivity index (χ1v) is 6.96. The minimum Gasteiger partial charge on any atom is -0.373 e. The first-order chi connectivity index (χ1) is 9.52. The van der Waals surface area contributed by atoms with Crippen LogP contribution in [0.2, 0.25) is 0 Å². The zero-order chi connectivity index (χ0) is 14.5. The number of anilines is 1. The van der Waals surface area contributed by atoms with E-state index in [9.17, 15) is 9.18 Å². The number of nitrogens with zero attached hydrogens (tertiary/aromatic N) is 1. The number of carbonyl (C=O) groups excluding carboxylic acids is 1. The number of carbonyl (C=O) groups is 1. The van der Waals surface area contributed by atoms with Crippen molar-refractivity contribution in [3.05, 3.63) is 30.1 Å². The Hall–Kier alpha value is -1.46. The van der Waals surface area contributed by atoms with E-state index in [4.69, 9.17) is 4.74 Å². The van der Waals surface area contributed by atoms with E-state index < -0.39 is 0 Å². The molecule has 2 rings (SSSR count). The van der Waals surface area contributed by atoms with Gasteiger partial charge in [0.15, 0.2) is 0 Å². The van der Waals surface area contributed by atoms with Gasteiger partial charge in [-0.05, 0) is 38.1 Å². The summed E-state index contributed by atoms with van der Waals surface area (Å²) in [6.45, 7) is 6.51. The topological polar surface area (TPSA) is 41.6 Å². The molecule has 1 saturated heterocycles. The molecule has 0 aromatic heterocycles. The Balaban J connectivity index is 1.76. The van der Waals surface area contributed by atoms with E-state index in [1.54, 1.807) is 12.1 Å². The van der Waals surface area contributed by atoms with Crippen molar-refractivity contribution in [2.45, 2.75) is 32.5 Å². The average molecular weight is 280 g/mol. The number of hydrogen-bond acceptors (Lipinski definition) is 3. The normalized spacial score (nSPS) is 23.6. The van der Waals surface area contributed by atoms with Gasteiger partial charge in [0.25, 0.3) is 0 Å². The molecule has 20 heavy (non-hydrogen) atoms.